The first-order chi connectivity index (χ1) is 13.6. The minimum absolute atomic E-state index is 0.106. The number of nitrogens with one attached hydrogen (secondary N) is 1. The highest BCUT2D eigenvalue weighted by molar-refractivity contribution is 5.92. The molecule has 2 amide bonds. The molecule has 2 aliphatic heterocycles. The molecule has 2 bridgehead atoms. The van der Waals surface area contributed by atoms with Crippen molar-refractivity contribution in [2.24, 2.45) is 11.7 Å². The first-order valence-corrected chi connectivity index (χ1v) is 10.9. The summed E-state index contributed by atoms with van der Waals surface area (Å²) in [5, 5.41) is 7.08. The SMILES string of the molecule is N[C@H]1CC[C@H](C(=O)N2[C@@H]3CC[C@H]2C[C@H](NC(=O)c2cc(C4CC4)on2)C3)CC1. The molecule has 4 aliphatic rings. The van der Waals surface area contributed by atoms with Crippen molar-refractivity contribution in [1.82, 2.24) is 15.4 Å². The van der Waals surface area contributed by atoms with E-state index in [1.54, 1.807) is 6.07 Å². The monoisotopic (exact) mass is 386 g/mol. The van der Waals surface area contributed by atoms with E-state index in [2.05, 4.69) is 15.4 Å². The number of hydrogen-bond donors (Lipinski definition) is 2. The molecule has 2 saturated heterocycles. The van der Waals surface area contributed by atoms with Gasteiger partial charge < -0.3 is 20.5 Å². The first kappa shape index (κ1) is 18.2. The zero-order valence-electron chi connectivity index (χ0n) is 16.3. The second kappa shape index (κ2) is 7.17. The van der Waals surface area contributed by atoms with E-state index in [4.69, 9.17) is 10.3 Å². The van der Waals surface area contributed by atoms with Gasteiger partial charge in [-0.2, -0.15) is 0 Å². The highest BCUT2D eigenvalue weighted by atomic mass is 16.5. The van der Waals surface area contributed by atoms with Crippen LogP contribution in [-0.4, -0.2) is 46.0 Å². The smallest absolute Gasteiger partial charge is 0.273 e. The first-order valence-electron chi connectivity index (χ1n) is 10.9. The predicted molar refractivity (Wildman–Crippen MR) is 103 cm³/mol. The summed E-state index contributed by atoms with van der Waals surface area (Å²) < 4.78 is 5.30. The van der Waals surface area contributed by atoms with Crippen LogP contribution in [0.3, 0.4) is 0 Å². The van der Waals surface area contributed by atoms with Gasteiger partial charge in [0.2, 0.25) is 5.91 Å². The van der Waals surface area contributed by atoms with E-state index in [-0.39, 0.29) is 36.0 Å². The molecular formula is C21H30N4O3. The summed E-state index contributed by atoms with van der Waals surface area (Å²) in [6.45, 7) is 0. The van der Waals surface area contributed by atoms with Gasteiger partial charge in [0.1, 0.15) is 5.76 Å². The summed E-state index contributed by atoms with van der Waals surface area (Å²) in [5.74, 6) is 1.60. The Balaban J connectivity index is 1.19. The lowest BCUT2D eigenvalue weighted by atomic mass is 9.84. The number of nitrogens with zero attached hydrogens (tertiary/aromatic N) is 2. The lowest BCUT2D eigenvalue weighted by Crippen LogP contribution is -2.54. The summed E-state index contributed by atoms with van der Waals surface area (Å²) in [4.78, 5) is 27.8. The van der Waals surface area contributed by atoms with Crippen molar-refractivity contribution in [3.05, 3.63) is 17.5 Å². The molecule has 4 fully saturated rings. The molecule has 7 nitrogen and oxygen atoms in total. The number of fused-ring (bicyclic) bond motifs is 2. The molecule has 1 aromatic rings. The number of nitrogens with two attached hydrogens (primary N) is 1. The Hall–Kier alpha value is -1.89. The molecule has 152 valence electrons. The highest BCUT2D eigenvalue weighted by Crippen LogP contribution is 2.41. The lowest BCUT2D eigenvalue weighted by Gasteiger charge is -2.41. The van der Waals surface area contributed by atoms with Gasteiger partial charge in [-0.1, -0.05) is 5.16 Å². The van der Waals surface area contributed by atoms with Gasteiger partial charge in [-0.05, 0) is 64.2 Å². The Morgan fingerprint density at radius 1 is 1.04 bits per heavy atom. The Bertz CT molecular complexity index is 737. The van der Waals surface area contributed by atoms with Gasteiger partial charge in [-0.3, -0.25) is 9.59 Å². The minimum atomic E-state index is -0.152. The number of carbonyl (C=O) groups excluding carboxylic acids is 2. The molecule has 3 N–H and O–H groups in total. The van der Waals surface area contributed by atoms with Crippen LogP contribution in [0.1, 0.15) is 86.4 Å². The van der Waals surface area contributed by atoms with Crippen LogP contribution in [0.15, 0.2) is 10.6 Å². The number of rotatable bonds is 4. The third-order valence-corrected chi connectivity index (χ3v) is 7.18. The Kier molecular flexibility index (Phi) is 4.65. The zero-order chi connectivity index (χ0) is 19.3. The van der Waals surface area contributed by atoms with E-state index in [0.29, 0.717) is 17.5 Å². The van der Waals surface area contributed by atoms with Crippen molar-refractivity contribution >= 4 is 11.8 Å². The van der Waals surface area contributed by atoms with Gasteiger partial charge in [0, 0.05) is 42.1 Å². The fourth-order valence-electron chi connectivity index (χ4n) is 5.45. The number of hydrogen-bond acceptors (Lipinski definition) is 5. The Labute approximate surface area is 165 Å². The molecule has 7 heteroatoms. The van der Waals surface area contributed by atoms with Crippen molar-refractivity contribution in [2.75, 3.05) is 0 Å². The molecule has 0 spiro atoms. The molecule has 5 rings (SSSR count). The van der Waals surface area contributed by atoms with Gasteiger partial charge in [0.25, 0.3) is 5.91 Å². The molecular weight excluding hydrogens is 356 g/mol. The van der Waals surface area contributed by atoms with Crippen LogP contribution in [0.2, 0.25) is 0 Å². The number of amides is 2. The second-order valence-corrected chi connectivity index (χ2v) is 9.27. The summed E-state index contributed by atoms with van der Waals surface area (Å²) >= 11 is 0. The normalized spacial score (nSPS) is 35.0. The number of aromatic nitrogens is 1. The summed E-state index contributed by atoms with van der Waals surface area (Å²) in [6.07, 6.45) is 9.78. The van der Waals surface area contributed by atoms with Crippen LogP contribution >= 0.6 is 0 Å². The average molecular weight is 386 g/mol. The molecule has 3 heterocycles. The molecule has 2 aliphatic carbocycles. The number of carbonyl (C=O) groups is 2. The van der Waals surface area contributed by atoms with E-state index < -0.39 is 0 Å². The van der Waals surface area contributed by atoms with Crippen molar-refractivity contribution in [2.45, 2.75) is 94.3 Å². The van der Waals surface area contributed by atoms with Gasteiger partial charge in [0.15, 0.2) is 5.69 Å². The van der Waals surface area contributed by atoms with E-state index in [0.717, 1.165) is 70.0 Å². The van der Waals surface area contributed by atoms with E-state index in [1.807, 2.05) is 0 Å². The van der Waals surface area contributed by atoms with Crippen LogP contribution < -0.4 is 11.1 Å². The van der Waals surface area contributed by atoms with Crippen LogP contribution in [0, 0.1) is 5.92 Å². The minimum Gasteiger partial charge on any atom is -0.360 e. The fourth-order valence-corrected chi connectivity index (χ4v) is 5.45. The summed E-state index contributed by atoms with van der Waals surface area (Å²) in [5.41, 5.74) is 6.38. The van der Waals surface area contributed by atoms with Crippen LogP contribution in [0.5, 0.6) is 0 Å². The maximum atomic E-state index is 13.1. The molecule has 0 radical (unpaired) electrons. The maximum Gasteiger partial charge on any atom is 0.273 e. The van der Waals surface area contributed by atoms with Crippen molar-refractivity contribution in [3.63, 3.8) is 0 Å². The van der Waals surface area contributed by atoms with Crippen molar-refractivity contribution in [1.29, 1.82) is 0 Å². The standard InChI is InChI=1S/C21H30N4O3/c22-14-5-3-13(4-6-14)21(27)25-16-7-8-17(25)10-15(9-16)23-20(26)18-11-19(28-24-18)12-1-2-12/h11-17H,1-10,22H2,(H,23,26)/t13-,14-,15-,16-,17+. The highest BCUT2D eigenvalue weighted by Gasteiger charge is 2.45. The molecule has 3 atom stereocenters. The third kappa shape index (κ3) is 3.45. The quantitative estimate of drug-likeness (QED) is 0.827. The van der Waals surface area contributed by atoms with Crippen LogP contribution in [-0.2, 0) is 4.79 Å². The third-order valence-electron chi connectivity index (χ3n) is 7.18. The summed E-state index contributed by atoms with van der Waals surface area (Å²) in [6, 6.07) is 2.67. The summed E-state index contributed by atoms with van der Waals surface area (Å²) in [7, 11) is 0. The van der Waals surface area contributed by atoms with Gasteiger partial charge >= 0.3 is 0 Å². The molecule has 0 unspecified atom stereocenters. The molecule has 2 saturated carbocycles. The lowest BCUT2D eigenvalue weighted by molar-refractivity contribution is -0.141. The van der Waals surface area contributed by atoms with Crippen molar-refractivity contribution in [3.8, 4) is 0 Å². The predicted octanol–water partition coefficient (Wildman–Crippen LogP) is 2.32. The molecule has 1 aromatic heterocycles. The average Bonchev–Trinajstić information content (AvgIpc) is 3.35. The topological polar surface area (TPSA) is 101 Å². The van der Waals surface area contributed by atoms with Gasteiger partial charge in [0.05, 0.1) is 0 Å². The van der Waals surface area contributed by atoms with Crippen LogP contribution in [0.4, 0.5) is 0 Å². The van der Waals surface area contributed by atoms with Crippen molar-refractivity contribution < 1.29 is 14.1 Å². The molecule has 28 heavy (non-hydrogen) atoms. The zero-order valence-corrected chi connectivity index (χ0v) is 16.3. The second-order valence-electron chi connectivity index (χ2n) is 9.27. The number of piperidine rings is 1. The Morgan fingerprint density at radius 2 is 1.71 bits per heavy atom. The van der Waals surface area contributed by atoms with Gasteiger partial charge in [-0.15, -0.1) is 0 Å². The largest absolute Gasteiger partial charge is 0.360 e. The van der Waals surface area contributed by atoms with E-state index in [1.165, 1.54) is 0 Å². The maximum absolute atomic E-state index is 13.1. The Morgan fingerprint density at radius 3 is 2.36 bits per heavy atom. The van der Waals surface area contributed by atoms with Crippen LogP contribution in [0.25, 0.3) is 0 Å². The van der Waals surface area contributed by atoms with E-state index in [9.17, 15) is 9.59 Å². The van der Waals surface area contributed by atoms with E-state index >= 15 is 0 Å². The fraction of sp³-hybridized carbons (Fsp3) is 0.762. The molecule has 0 aromatic carbocycles. The van der Waals surface area contributed by atoms with Gasteiger partial charge in [-0.25, -0.2) is 0 Å².